The summed E-state index contributed by atoms with van der Waals surface area (Å²) >= 11 is 3.29. The van der Waals surface area contributed by atoms with E-state index in [4.69, 9.17) is 9.52 Å². The van der Waals surface area contributed by atoms with Gasteiger partial charge in [0.15, 0.2) is 5.58 Å². The number of carboxylic acids is 1. The minimum absolute atomic E-state index is 0.198. The fourth-order valence-electron chi connectivity index (χ4n) is 1.35. The maximum Gasteiger partial charge on any atom is 0.342 e. The van der Waals surface area contributed by atoms with Crippen molar-refractivity contribution in [2.24, 2.45) is 0 Å². The van der Waals surface area contributed by atoms with Crippen LogP contribution in [0.4, 0.5) is 0 Å². The van der Waals surface area contributed by atoms with Crippen molar-refractivity contribution in [2.75, 3.05) is 0 Å². The third-order valence-corrected chi connectivity index (χ3v) is 2.73. The van der Waals surface area contributed by atoms with Crippen LogP contribution >= 0.6 is 15.9 Å². The van der Waals surface area contributed by atoms with Crippen molar-refractivity contribution in [1.82, 2.24) is 4.98 Å². The average Bonchev–Trinajstić information content (AvgIpc) is 2.70. The van der Waals surface area contributed by atoms with Crippen molar-refractivity contribution in [3.8, 4) is 0 Å². The normalized spacial score (nSPS) is 12.9. The zero-order valence-electron chi connectivity index (χ0n) is 8.05. The largest absolute Gasteiger partial charge is 0.479 e. The van der Waals surface area contributed by atoms with Crippen LogP contribution in [0, 0.1) is 0 Å². The number of fused-ring (bicyclic) bond motifs is 1. The highest BCUT2D eigenvalue weighted by Gasteiger charge is 2.22. The zero-order chi connectivity index (χ0) is 11.7. The molecule has 1 heterocycles. The van der Waals surface area contributed by atoms with Crippen molar-refractivity contribution >= 4 is 33.0 Å². The molecule has 16 heavy (non-hydrogen) atoms. The van der Waals surface area contributed by atoms with E-state index in [9.17, 15) is 9.90 Å². The molecule has 6 heteroatoms. The Morgan fingerprint density at radius 3 is 2.94 bits per heavy atom. The Morgan fingerprint density at radius 1 is 1.56 bits per heavy atom. The van der Waals surface area contributed by atoms with E-state index in [0.29, 0.717) is 16.4 Å². The standard InChI is InChI=1S/C10H8BrNO4/c11-4-5-2-1-3-6-7(5)12-9(16-6)8(13)10(14)15/h1-3,8,13H,4H2,(H,14,15). The number of carbonyl (C=O) groups is 1. The Labute approximate surface area is 98.8 Å². The van der Waals surface area contributed by atoms with E-state index >= 15 is 0 Å². The van der Waals surface area contributed by atoms with Gasteiger partial charge in [-0.1, -0.05) is 28.1 Å². The van der Waals surface area contributed by atoms with Crippen LogP contribution in [-0.4, -0.2) is 21.2 Å². The molecule has 2 aromatic rings. The van der Waals surface area contributed by atoms with Gasteiger partial charge in [0, 0.05) is 5.33 Å². The third kappa shape index (κ3) is 1.81. The quantitative estimate of drug-likeness (QED) is 0.841. The number of alkyl halides is 1. The monoisotopic (exact) mass is 285 g/mol. The Kier molecular flexibility index (Phi) is 2.93. The summed E-state index contributed by atoms with van der Waals surface area (Å²) < 4.78 is 5.17. The fourth-order valence-corrected chi connectivity index (χ4v) is 1.81. The Balaban J connectivity index is 2.55. The van der Waals surface area contributed by atoms with Crippen molar-refractivity contribution in [3.63, 3.8) is 0 Å². The molecule has 84 valence electrons. The van der Waals surface area contributed by atoms with E-state index in [1.54, 1.807) is 12.1 Å². The molecule has 0 fully saturated rings. The second-order valence-corrected chi connectivity index (χ2v) is 3.75. The van der Waals surface area contributed by atoms with Gasteiger partial charge in [0.25, 0.3) is 0 Å². The number of para-hydroxylation sites is 1. The van der Waals surface area contributed by atoms with Crippen LogP contribution in [0.25, 0.3) is 11.1 Å². The smallest absolute Gasteiger partial charge is 0.342 e. The highest BCUT2D eigenvalue weighted by Crippen LogP contribution is 2.24. The molecule has 0 spiro atoms. The Morgan fingerprint density at radius 2 is 2.31 bits per heavy atom. The second-order valence-electron chi connectivity index (χ2n) is 3.19. The summed E-state index contributed by atoms with van der Waals surface area (Å²) in [6.45, 7) is 0. The minimum Gasteiger partial charge on any atom is -0.479 e. The van der Waals surface area contributed by atoms with Crippen LogP contribution in [-0.2, 0) is 10.1 Å². The van der Waals surface area contributed by atoms with Gasteiger partial charge in [0.05, 0.1) is 0 Å². The molecule has 5 nitrogen and oxygen atoms in total. The summed E-state index contributed by atoms with van der Waals surface area (Å²) in [5.41, 5.74) is 1.91. The third-order valence-electron chi connectivity index (χ3n) is 2.13. The summed E-state index contributed by atoms with van der Waals surface area (Å²) in [6, 6.07) is 5.30. The molecule has 2 rings (SSSR count). The number of aromatic nitrogens is 1. The predicted molar refractivity (Wildman–Crippen MR) is 59.2 cm³/mol. The van der Waals surface area contributed by atoms with Crippen LogP contribution in [0.15, 0.2) is 22.6 Å². The molecule has 0 aliphatic carbocycles. The number of hydrogen-bond donors (Lipinski definition) is 2. The summed E-state index contributed by atoms with van der Waals surface area (Å²) in [4.78, 5) is 14.5. The van der Waals surface area contributed by atoms with Gasteiger partial charge in [-0.25, -0.2) is 9.78 Å². The first-order valence-electron chi connectivity index (χ1n) is 4.48. The lowest BCUT2D eigenvalue weighted by Crippen LogP contribution is -2.10. The highest BCUT2D eigenvalue weighted by atomic mass is 79.9. The molecule has 0 aliphatic heterocycles. The molecule has 0 saturated heterocycles. The topological polar surface area (TPSA) is 83.6 Å². The molecular formula is C10H8BrNO4. The molecule has 1 aromatic heterocycles. The number of aliphatic hydroxyl groups is 1. The van der Waals surface area contributed by atoms with Gasteiger partial charge in [-0.05, 0) is 11.6 Å². The maximum absolute atomic E-state index is 10.6. The lowest BCUT2D eigenvalue weighted by molar-refractivity contribution is -0.148. The first-order chi connectivity index (χ1) is 7.63. The summed E-state index contributed by atoms with van der Waals surface area (Å²) in [6.07, 6.45) is -1.73. The van der Waals surface area contributed by atoms with Crippen molar-refractivity contribution in [2.45, 2.75) is 11.4 Å². The Bertz CT molecular complexity index is 537. The molecule has 0 aliphatic rings. The first-order valence-corrected chi connectivity index (χ1v) is 5.61. The van der Waals surface area contributed by atoms with Gasteiger partial charge in [-0.15, -0.1) is 0 Å². The van der Waals surface area contributed by atoms with E-state index < -0.39 is 12.1 Å². The zero-order valence-corrected chi connectivity index (χ0v) is 9.64. The summed E-state index contributed by atoms with van der Waals surface area (Å²) in [5, 5.41) is 18.5. The molecule has 0 bridgehead atoms. The number of oxazole rings is 1. The predicted octanol–water partition coefficient (Wildman–Crippen LogP) is 1.84. The molecule has 1 atom stereocenters. The number of halogens is 1. The molecule has 1 unspecified atom stereocenters. The summed E-state index contributed by atoms with van der Waals surface area (Å²) in [5.74, 6) is -1.58. The summed E-state index contributed by atoms with van der Waals surface area (Å²) in [7, 11) is 0. The first kappa shape index (κ1) is 11.1. The molecule has 0 radical (unpaired) electrons. The molecule has 0 amide bonds. The van der Waals surface area contributed by atoms with Gasteiger partial charge in [-0.2, -0.15) is 0 Å². The number of benzene rings is 1. The second kappa shape index (κ2) is 4.23. The van der Waals surface area contributed by atoms with Crippen LogP contribution in [0.2, 0.25) is 0 Å². The van der Waals surface area contributed by atoms with E-state index in [2.05, 4.69) is 20.9 Å². The van der Waals surface area contributed by atoms with E-state index in [1.807, 2.05) is 6.07 Å². The number of aliphatic carboxylic acids is 1. The number of hydrogen-bond acceptors (Lipinski definition) is 4. The van der Waals surface area contributed by atoms with E-state index in [-0.39, 0.29) is 5.89 Å². The van der Waals surface area contributed by atoms with Gasteiger partial charge >= 0.3 is 5.97 Å². The van der Waals surface area contributed by atoms with Crippen molar-refractivity contribution in [1.29, 1.82) is 0 Å². The van der Waals surface area contributed by atoms with Crippen LogP contribution in [0.3, 0.4) is 0 Å². The SMILES string of the molecule is O=C(O)C(O)c1nc2c(CBr)cccc2o1. The van der Waals surface area contributed by atoms with Crippen molar-refractivity contribution in [3.05, 3.63) is 29.7 Å². The van der Waals surface area contributed by atoms with Gasteiger partial charge in [-0.3, -0.25) is 0 Å². The molecular weight excluding hydrogens is 278 g/mol. The lowest BCUT2D eigenvalue weighted by Gasteiger charge is -1.96. The van der Waals surface area contributed by atoms with Gasteiger partial charge in [0.1, 0.15) is 5.52 Å². The number of rotatable bonds is 3. The van der Waals surface area contributed by atoms with E-state index in [0.717, 1.165) is 5.56 Å². The Hall–Kier alpha value is -1.40. The number of carboxylic acid groups (broad SMARTS) is 1. The number of nitrogens with zero attached hydrogens (tertiary/aromatic N) is 1. The number of aliphatic hydroxyl groups excluding tert-OH is 1. The average molecular weight is 286 g/mol. The minimum atomic E-state index is -1.73. The van der Waals surface area contributed by atoms with Crippen LogP contribution in [0.1, 0.15) is 17.6 Å². The molecule has 1 aromatic carbocycles. The molecule has 2 N–H and O–H groups in total. The van der Waals surface area contributed by atoms with Crippen LogP contribution < -0.4 is 0 Å². The van der Waals surface area contributed by atoms with Gasteiger partial charge in [0.2, 0.25) is 12.0 Å². The highest BCUT2D eigenvalue weighted by molar-refractivity contribution is 9.08. The van der Waals surface area contributed by atoms with Crippen LogP contribution in [0.5, 0.6) is 0 Å². The lowest BCUT2D eigenvalue weighted by atomic mass is 10.2. The van der Waals surface area contributed by atoms with Crippen molar-refractivity contribution < 1.29 is 19.4 Å². The van der Waals surface area contributed by atoms with Gasteiger partial charge < -0.3 is 14.6 Å². The fraction of sp³-hybridized carbons (Fsp3) is 0.200. The maximum atomic E-state index is 10.6. The van der Waals surface area contributed by atoms with E-state index in [1.165, 1.54) is 0 Å². The molecule has 0 saturated carbocycles.